The predicted molar refractivity (Wildman–Crippen MR) is 56.0 cm³/mol. The SMILES string of the molecule is O=C(N[C@@H](C(=O)O)c1ccccc1Cl)C(F)F. The van der Waals surface area contributed by atoms with Gasteiger partial charge in [0.1, 0.15) is 0 Å². The number of carbonyl (C=O) groups excluding carboxylic acids is 1. The molecule has 7 heteroatoms. The largest absolute Gasteiger partial charge is 0.479 e. The Hall–Kier alpha value is -1.69. The van der Waals surface area contributed by atoms with Gasteiger partial charge in [0.2, 0.25) is 0 Å². The lowest BCUT2D eigenvalue weighted by Gasteiger charge is -2.15. The second-order valence-corrected chi connectivity index (χ2v) is 3.51. The summed E-state index contributed by atoms with van der Waals surface area (Å²) in [6.45, 7) is 0. The van der Waals surface area contributed by atoms with E-state index >= 15 is 0 Å². The molecule has 1 rings (SSSR count). The summed E-state index contributed by atoms with van der Waals surface area (Å²) in [7, 11) is 0. The second kappa shape index (κ2) is 5.58. The first-order chi connectivity index (χ1) is 7.93. The molecule has 1 aromatic carbocycles. The van der Waals surface area contributed by atoms with Crippen molar-refractivity contribution in [2.45, 2.75) is 12.5 Å². The van der Waals surface area contributed by atoms with Gasteiger partial charge in [0, 0.05) is 10.6 Å². The Kier molecular flexibility index (Phi) is 4.39. The molecule has 2 N–H and O–H groups in total. The third-order valence-corrected chi connectivity index (χ3v) is 2.29. The number of benzene rings is 1. The molecule has 1 aromatic rings. The van der Waals surface area contributed by atoms with E-state index in [1.54, 1.807) is 11.4 Å². The minimum atomic E-state index is -3.28. The first kappa shape index (κ1) is 13.4. The van der Waals surface area contributed by atoms with Crippen LogP contribution in [0.4, 0.5) is 8.78 Å². The summed E-state index contributed by atoms with van der Waals surface area (Å²) < 4.78 is 24.1. The lowest BCUT2D eigenvalue weighted by molar-refractivity contribution is -0.144. The quantitative estimate of drug-likeness (QED) is 0.871. The Bertz CT molecular complexity index is 439. The van der Waals surface area contributed by atoms with Crippen LogP contribution in [0.15, 0.2) is 24.3 Å². The van der Waals surface area contributed by atoms with Crippen LogP contribution in [0.25, 0.3) is 0 Å². The maximum atomic E-state index is 12.0. The van der Waals surface area contributed by atoms with Crippen LogP contribution in [0, 0.1) is 0 Å². The number of carboxylic acids is 1. The maximum Gasteiger partial charge on any atom is 0.330 e. The Morgan fingerprint density at radius 3 is 2.35 bits per heavy atom. The zero-order valence-corrected chi connectivity index (χ0v) is 9.12. The molecule has 17 heavy (non-hydrogen) atoms. The van der Waals surface area contributed by atoms with E-state index in [2.05, 4.69) is 0 Å². The molecule has 0 saturated heterocycles. The van der Waals surface area contributed by atoms with Crippen molar-refractivity contribution in [1.29, 1.82) is 0 Å². The fourth-order valence-corrected chi connectivity index (χ4v) is 1.43. The van der Waals surface area contributed by atoms with Crippen molar-refractivity contribution in [3.05, 3.63) is 34.9 Å². The van der Waals surface area contributed by atoms with Gasteiger partial charge in [0.05, 0.1) is 0 Å². The molecule has 0 aliphatic carbocycles. The molecule has 0 unspecified atom stereocenters. The summed E-state index contributed by atoms with van der Waals surface area (Å²) in [6, 6.07) is 4.20. The number of halogens is 3. The van der Waals surface area contributed by atoms with Gasteiger partial charge in [-0.1, -0.05) is 29.8 Å². The molecule has 0 heterocycles. The van der Waals surface area contributed by atoms with E-state index in [0.29, 0.717) is 0 Å². The average Bonchev–Trinajstić information content (AvgIpc) is 2.26. The van der Waals surface area contributed by atoms with Gasteiger partial charge in [0.25, 0.3) is 5.91 Å². The zero-order chi connectivity index (χ0) is 13.0. The first-order valence-electron chi connectivity index (χ1n) is 4.49. The van der Waals surface area contributed by atoms with Crippen molar-refractivity contribution in [1.82, 2.24) is 5.32 Å². The predicted octanol–water partition coefficient (Wildman–Crippen LogP) is 1.85. The van der Waals surface area contributed by atoms with Crippen LogP contribution in [0.2, 0.25) is 5.02 Å². The van der Waals surface area contributed by atoms with Gasteiger partial charge in [-0.3, -0.25) is 4.79 Å². The highest BCUT2D eigenvalue weighted by Gasteiger charge is 2.27. The zero-order valence-electron chi connectivity index (χ0n) is 8.36. The van der Waals surface area contributed by atoms with Gasteiger partial charge >= 0.3 is 12.4 Å². The number of amides is 1. The van der Waals surface area contributed by atoms with E-state index in [-0.39, 0.29) is 10.6 Å². The monoisotopic (exact) mass is 263 g/mol. The van der Waals surface area contributed by atoms with Crippen molar-refractivity contribution in [3.63, 3.8) is 0 Å². The number of rotatable bonds is 4. The number of aliphatic carboxylic acids is 1. The molecule has 0 fully saturated rings. The van der Waals surface area contributed by atoms with Crippen LogP contribution in [0.1, 0.15) is 11.6 Å². The number of nitrogens with one attached hydrogen (secondary N) is 1. The molecule has 0 bridgehead atoms. The van der Waals surface area contributed by atoms with Crippen LogP contribution < -0.4 is 5.32 Å². The fraction of sp³-hybridized carbons (Fsp3) is 0.200. The van der Waals surface area contributed by atoms with Crippen molar-refractivity contribution >= 4 is 23.5 Å². The molecule has 4 nitrogen and oxygen atoms in total. The van der Waals surface area contributed by atoms with E-state index in [9.17, 15) is 18.4 Å². The summed E-state index contributed by atoms with van der Waals surface area (Å²) in [5.41, 5.74) is 0.0515. The molecule has 0 aromatic heterocycles. The van der Waals surface area contributed by atoms with Gasteiger partial charge in [-0.25, -0.2) is 4.79 Å². The van der Waals surface area contributed by atoms with Gasteiger partial charge in [0.15, 0.2) is 6.04 Å². The first-order valence-corrected chi connectivity index (χ1v) is 4.87. The van der Waals surface area contributed by atoms with Crippen molar-refractivity contribution in [3.8, 4) is 0 Å². The third-order valence-electron chi connectivity index (χ3n) is 1.95. The maximum absolute atomic E-state index is 12.0. The second-order valence-electron chi connectivity index (χ2n) is 3.10. The van der Waals surface area contributed by atoms with Crippen LogP contribution >= 0.6 is 11.6 Å². The minimum absolute atomic E-state index is 0.0515. The lowest BCUT2D eigenvalue weighted by atomic mass is 10.1. The number of hydrogen-bond donors (Lipinski definition) is 2. The van der Waals surface area contributed by atoms with Crippen LogP contribution in [0.5, 0.6) is 0 Å². The third kappa shape index (κ3) is 3.39. The Labute approximate surface area is 100 Å². The Morgan fingerprint density at radius 1 is 1.29 bits per heavy atom. The van der Waals surface area contributed by atoms with E-state index in [0.717, 1.165) is 0 Å². The van der Waals surface area contributed by atoms with E-state index in [1.807, 2.05) is 0 Å². The van der Waals surface area contributed by atoms with Crippen LogP contribution in [0.3, 0.4) is 0 Å². The molecule has 92 valence electrons. The molecule has 0 spiro atoms. The van der Waals surface area contributed by atoms with Gasteiger partial charge in [-0.2, -0.15) is 8.78 Å². The average molecular weight is 264 g/mol. The summed E-state index contributed by atoms with van der Waals surface area (Å²) in [5.74, 6) is -3.12. The molecule has 0 aliphatic heterocycles. The summed E-state index contributed by atoms with van der Waals surface area (Å²) >= 11 is 5.72. The Balaban J connectivity index is 2.99. The minimum Gasteiger partial charge on any atom is -0.479 e. The molecule has 0 radical (unpaired) electrons. The Morgan fingerprint density at radius 2 is 1.88 bits per heavy atom. The summed E-state index contributed by atoms with van der Waals surface area (Å²) in [6.07, 6.45) is -3.28. The van der Waals surface area contributed by atoms with E-state index < -0.39 is 24.3 Å². The lowest BCUT2D eigenvalue weighted by Crippen LogP contribution is -2.37. The van der Waals surface area contributed by atoms with Gasteiger partial charge in [-0.15, -0.1) is 0 Å². The number of hydrogen-bond acceptors (Lipinski definition) is 2. The molecule has 1 atom stereocenters. The standard InChI is InChI=1S/C10H8ClF2NO3/c11-6-4-2-1-3-5(6)7(10(16)17)14-9(15)8(12)13/h1-4,7-8H,(H,14,15)(H,16,17)/t7-/m1/s1. The highest BCUT2D eigenvalue weighted by molar-refractivity contribution is 6.31. The van der Waals surface area contributed by atoms with Crippen LogP contribution in [-0.4, -0.2) is 23.4 Å². The van der Waals surface area contributed by atoms with E-state index in [4.69, 9.17) is 16.7 Å². The molecule has 1 amide bonds. The number of alkyl halides is 2. The van der Waals surface area contributed by atoms with Crippen molar-refractivity contribution in [2.24, 2.45) is 0 Å². The van der Waals surface area contributed by atoms with Gasteiger partial charge in [-0.05, 0) is 6.07 Å². The number of carbonyl (C=O) groups is 2. The summed E-state index contributed by atoms with van der Waals surface area (Å²) in [4.78, 5) is 21.7. The smallest absolute Gasteiger partial charge is 0.330 e. The van der Waals surface area contributed by atoms with E-state index in [1.165, 1.54) is 18.2 Å². The summed E-state index contributed by atoms with van der Waals surface area (Å²) in [5, 5.41) is 10.6. The molecule has 0 saturated carbocycles. The highest BCUT2D eigenvalue weighted by Crippen LogP contribution is 2.23. The van der Waals surface area contributed by atoms with Crippen LogP contribution in [-0.2, 0) is 9.59 Å². The highest BCUT2D eigenvalue weighted by atomic mass is 35.5. The molecule has 0 aliphatic rings. The molecular weight excluding hydrogens is 256 g/mol. The van der Waals surface area contributed by atoms with Crippen molar-refractivity contribution in [2.75, 3.05) is 0 Å². The normalized spacial score (nSPS) is 12.2. The van der Waals surface area contributed by atoms with Crippen molar-refractivity contribution < 1.29 is 23.5 Å². The van der Waals surface area contributed by atoms with Gasteiger partial charge < -0.3 is 10.4 Å². The fourth-order valence-electron chi connectivity index (χ4n) is 1.19. The topological polar surface area (TPSA) is 66.4 Å². The number of carboxylic acid groups (broad SMARTS) is 1. The molecular formula is C10H8ClF2NO3.